The van der Waals surface area contributed by atoms with E-state index in [-0.39, 0.29) is 34.5 Å². The SMILES string of the molecule is CNC(=O)[C@H](C)Cn1cnc2ccc(-c3cnc(OC)c(NS(=O)(=O)c4ccc(C)c(F)c4)c3)cc2c1=O. The van der Waals surface area contributed by atoms with Crippen LogP contribution in [0.15, 0.2) is 64.7 Å². The van der Waals surface area contributed by atoms with E-state index in [1.165, 1.54) is 56.4 Å². The number of amides is 1. The Kier molecular flexibility index (Phi) is 7.44. The Hall–Kier alpha value is -4.32. The monoisotopic (exact) mass is 539 g/mol. The molecule has 198 valence electrons. The van der Waals surface area contributed by atoms with Crippen LogP contribution in [0.3, 0.4) is 0 Å². The Morgan fingerprint density at radius 2 is 1.89 bits per heavy atom. The second-order valence-electron chi connectivity index (χ2n) is 8.75. The second kappa shape index (κ2) is 10.6. The van der Waals surface area contributed by atoms with Crippen molar-refractivity contribution < 1.29 is 22.3 Å². The molecule has 0 fully saturated rings. The summed E-state index contributed by atoms with van der Waals surface area (Å²) >= 11 is 0. The maximum atomic E-state index is 14.0. The van der Waals surface area contributed by atoms with E-state index >= 15 is 0 Å². The quantitative estimate of drug-likeness (QED) is 0.352. The van der Waals surface area contributed by atoms with E-state index in [9.17, 15) is 22.4 Å². The minimum absolute atomic E-state index is 0.0120. The molecule has 12 heteroatoms. The molecule has 2 aromatic carbocycles. The number of rotatable bonds is 8. The van der Waals surface area contributed by atoms with E-state index in [1.807, 2.05) is 0 Å². The zero-order chi connectivity index (χ0) is 27.6. The van der Waals surface area contributed by atoms with Crippen LogP contribution in [-0.4, -0.2) is 43.0 Å². The molecule has 0 saturated heterocycles. The fourth-order valence-electron chi connectivity index (χ4n) is 3.88. The van der Waals surface area contributed by atoms with Crippen LogP contribution in [0.5, 0.6) is 5.88 Å². The number of hydrogen-bond acceptors (Lipinski definition) is 7. The highest BCUT2D eigenvalue weighted by molar-refractivity contribution is 7.92. The number of nitrogens with zero attached hydrogens (tertiary/aromatic N) is 3. The highest BCUT2D eigenvalue weighted by Crippen LogP contribution is 2.31. The summed E-state index contributed by atoms with van der Waals surface area (Å²) in [6.07, 6.45) is 2.88. The Bertz CT molecular complexity index is 1700. The van der Waals surface area contributed by atoms with Gasteiger partial charge in [0.15, 0.2) is 0 Å². The van der Waals surface area contributed by atoms with Crippen molar-refractivity contribution in [1.82, 2.24) is 19.9 Å². The first-order valence-corrected chi connectivity index (χ1v) is 13.1. The number of anilines is 1. The first kappa shape index (κ1) is 26.7. The zero-order valence-electron chi connectivity index (χ0n) is 21.1. The van der Waals surface area contributed by atoms with Gasteiger partial charge in [-0.3, -0.25) is 18.9 Å². The molecule has 4 rings (SSSR count). The highest BCUT2D eigenvalue weighted by atomic mass is 32.2. The summed E-state index contributed by atoms with van der Waals surface area (Å²) in [6.45, 7) is 3.40. The number of aromatic nitrogens is 3. The molecule has 0 radical (unpaired) electrons. The number of ether oxygens (including phenoxy) is 1. The Balaban J connectivity index is 1.73. The molecule has 10 nitrogen and oxygen atoms in total. The molecular weight excluding hydrogens is 513 g/mol. The Labute approximate surface area is 218 Å². The summed E-state index contributed by atoms with van der Waals surface area (Å²) in [5.74, 6) is -1.27. The van der Waals surface area contributed by atoms with E-state index in [1.54, 1.807) is 25.1 Å². The molecule has 2 aromatic heterocycles. The van der Waals surface area contributed by atoms with Crippen LogP contribution in [-0.2, 0) is 21.4 Å². The summed E-state index contributed by atoms with van der Waals surface area (Å²) in [5, 5.41) is 2.88. The van der Waals surface area contributed by atoms with Crippen molar-refractivity contribution in [1.29, 1.82) is 0 Å². The van der Waals surface area contributed by atoms with Crippen LogP contribution in [0.1, 0.15) is 12.5 Å². The summed E-state index contributed by atoms with van der Waals surface area (Å²) < 4.78 is 48.9. The molecule has 1 atom stereocenters. The highest BCUT2D eigenvalue weighted by Gasteiger charge is 2.20. The smallest absolute Gasteiger partial charge is 0.262 e. The number of methoxy groups -OCH3 is 1. The number of hydrogen-bond donors (Lipinski definition) is 2. The summed E-state index contributed by atoms with van der Waals surface area (Å²) in [4.78, 5) is 33.3. The molecule has 0 saturated carbocycles. The largest absolute Gasteiger partial charge is 0.480 e. The average Bonchev–Trinajstić information content (AvgIpc) is 2.90. The fourth-order valence-corrected chi connectivity index (χ4v) is 4.94. The van der Waals surface area contributed by atoms with Crippen LogP contribution in [0.4, 0.5) is 10.1 Å². The van der Waals surface area contributed by atoms with E-state index in [0.29, 0.717) is 27.6 Å². The van der Waals surface area contributed by atoms with Gasteiger partial charge in [0.05, 0.1) is 35.2 Å². The first-order chi connectivity index (χ1) is 18.0. The van der Waals surface area contributed by atoms with Gasteiger partial charge < -0.3 is 10.1 Å². The maximum absolute atomic E-state index is 14.0. The van der Waals surface area contributed by atoms with Crippen molar-refractivity contribution in [2.24, 2.45) is 5.92 Å². The molecule has 0 spiro atoms. The number of sulfonamides is 1. The van der Waals surface area contributed by atoms with Gasteiger partial charge in [-0.05, 0) is 48.4 Å². The Morgan fingerprint density at radius 3 is 2.58 bits per heavy atom. The molecule has 0 aliphatic rings. The number of pyridine rings is 1. The van der Waals surface area contributed by atoms with Gasteiger partial charge in [0, 0.05) is 25.4 Å². The van der Waals surface area contributed by atoms with Gasteiger partial charge in [0.1, 0.15) is 11.5 Å². The van der Waals surface area contributed by atoms with E-state index in [0.717, 1.165) is 6.07 Å². The summed E-state index contributed by atoms with van der Waals surface area (Å²) in [5.41, 5.74) is 1.56. The van der Waals surface area contributed by atoms with E-state index < -0.39 is 21.8 Å². The van der Waals surface area contributed by atoms with Crippen LogP contribution in [0.2, 0.25) is 0 Å². The number of aryl methyl sites for hydroxylation is 1. The predicted molar refractivity (Wildman–Crippen MR) is 141 cm³/mol. The van der Waals surface area contributed by atoms with E-state index in [4.69, 9.17) is 4.74 Å². The number of fused-ring (bicyclic) bond motifs is 1. The van der Waals surface area contributed by atoms with E-state index in [2.05, 4.69) is 20.0 Å². The van der Waals surface area contributed by atoms with Crippen LogP contribution in [0.25, 0.3) is 22.0 Å². The van der Waals surface area contributed by atoms with Gasteiger partial charge >= 0.3 is 0 Å². The van der Waals surface area contributed by atoms with Crippen molar-refractivity contribution in [3.05, 3.63) is 76.7 Å². The van der Waals surface area contributed by atoms with Gasteiger partial charge in [0.25, 0.3) is 15.6 Å². The van der Waals surface area contributed by atoms with Crippen molar-refractivity contribution in [2.75, 3.05) is 18.9 Å². The van der Waals surface area contributed by atoms with Crippen molar-refractivity contribution in [2.45, 2.75) is 25.3 Å². The third-order valence-corrected chi connectivity index (χ3v) is 7.43. The molecule has 1 amide bonds. The minimum Gasteiger partial charge on any atom is -0.480 e. The van der Waals surface area contributed by atoms with Crippen molar-refractivity contribution >= 4 is 32.5 Å². The third kappa shape index (κ3) is 5.35. The van der Waals surface area contributed by atoms with Gasteiger partial charge in [-0.1, -0.05) is 19.1 Å². The number of carbonyl (C=O) groups excluding carboxylic acids is 1. The fraction of sp³-hybridized carbons (Fsp3) is 0.231. The zero-order valence-corrected chi connectivity index (χ0v) is 22.0. The molecule has 2 heterocycles. The molecule has 0 unspecified atom stereocenters. The molecule has 38 heavy (non-hydrogen) atoms. The normalized spacial score (nSPS) is 12.2. The molecule has 0 bridgehead atoms. The number of halogens is 1. The lowest BCUT2D eigenvalue weighted by Gasteiger charge is -2.14. The molecular formula is C26H26FN5O5S. The predicted octanol–water partition coefficient (Wildman–Crippen LogP) is 3.10. The lowest BCUT2D eigenvalue weighted by atomic mass is 10.0. The topological polar surface area (TPSA) is 132 Å². The van der Waals surface area contributed by atoms with Gasteiger partial charge in [-0.15, -0.1) is 0 Å². The van der Waals surface area contributed by atoms with Gasteiger partial charge in [-0.25, -0.2) is 22.8 Å². The number of carbonyl (C=O) groups is 1. The van der Waals surface area contributed by atoms with Crippen LogP contribution >= 0.6 is 0 Å². The van der Waals surface area contributed by atoms with Crippen molar-refractivity contribution in [3.8, 4) is 17.0 Å². The summed E-state index contributed by atoms with van der Waals surface area (Å²) in [7, 11) is -1.28. The maximum Gasteiger partial charge on any atom is 0.262 e. The lowest BCUT2D eigenvalue weighted by molar-refractivity contribution is -0.124. The Morgan fingerprint density at radius 1 is 1.13 bits per heavy atom. The van der Waals surface area contributed by atoms with Crippen LogP contribution < -0.4 is 20.3 Å². The minimum atomic E-state index is -4.16. The van der Waals surface area contributed by atoms with Crippen molar-refractivity contribution in [3.63, 3.8) is 0 Å². The second-order valence-corrected chi connectivity index (χ2v) is 10.4. The number of benzene rings is 2. The molecule has 2 N–H and O–H groups in total. The molecule has 0 aliphatic carbocycles. The third-order valence-electron chi connectivity index (χ3n) is 6.06. The van der Waals surface area contributed by atoms with Crippen LogP contribution in [0, 0.1) is 18.7 Å². The standard InChI is InChI=1S/C26H26FN5O5S/c1-15-5-7-19(11-21(15)27)38(35,36)31-23-10-18(12-29-25(23)37-4)17-6-8-22-20(9-17)26(34)32(14-30-22)13-16(2)24(33)28-3/h5-12,14,16,31H,13H2,1-4H3,(H,28,33)/t16-/m1/s1. The number of nitrogens with one attached hydrogen (secondary N) is 2. The summed E-state index contributed by atoms with van der Waals surface area (Å²) in [6, 6.07) is 10.2. The first-order valence-electron chi connectivity index (χ1n) is 11.6. The molecule has 4 aromatic rings. The molecule has 0 aliphatic heterocycles. The average molecular weight is 540 g/mol. The van der Waals surface area contributed by atoms with Gasteiger partial charge in [0.2, 0.25) is 11.8 Å². The lowest BCUT2D eigenvalue weighted by Crippen LogP contribution is -2.32. The van der Waals surface area contributed by atoms with Gasteiger partial charge in [-0.2, -0.15) is 0 Å².